The fourth-order valence-electron chi connectivity index (χ4n) is 3.02. The Hall–Kier alpha value is -1.60. The average molecular weight is 279 g/mol. The highest BCUT2D eigenvalue weighted by Gasteiger charge is 2.46. The van der Waals surface area contributed by atoms with Gasteiger partial charge in [0, 0.05) is 12.1 Å². The lowest BCUT2D eigenvalue weighted by atomic mass is 9.98. The molecule has 1 atom stereocenters. The Kier molecular flexibility index (Phi) is 4.12. The smallest absolute Gasteiger partial charge is 0.0151 e. The molecule has 110 valence electrons. The summed E-state index contributed by atoms with van der Waals surface area (Å²) in [5, 5.41) is 3.88. The second-order valence-electron chi connectivity index (χ2n) is 6.99. The van der Waals surface area contributed by atoms with E-state index >= 15 is 0 Å². The van der Waals surface area contributed by atoms with Gasteiger partial charge >= 0.3 is 0 Å². The van der Waals surface area contributed by atoms with Gasteiger partial charge in [0.2, 0.25) is 0 Å². The number of hydrogen-bond acceptors (Lipinski definition) is 1. The number of benzene rings is 2. The molecule has 0 bridgehead atoms. The third-order valence-electron chi connectivity index (χ3n) is 4.60. The van der Waals surface area contributed by atoms with Crippen LogP contribution in [0.4, 0.5) is 0 Å². The molecule has 1 saturated carbocycles. The zero-order valence-electron chi connectivity index (χ0n) is 13.0. The van der Waals surface area contributed by atoms with Gasteiger partial charge < -0.3 is 5.32 Å². The van der Waals surface area contributed by atoms with Crippen molar-refractivity contribution in [3.63, 3.8) is 0 Å². The molecule has 0 aliphatic heterocycles. The van der Waals surface area contributed by atoms with E-state index in [4.69, 9.17) is 0 Å². The molecule has 21 heavy (non-hydrogen) atoms. The van der Waals surface area contributed by atoms with Gasteiger partial charge in [-0.25, -0.2) is 0 Å². The van der Waals surface area contributed by atoms with Gasteiger partial charge in [0.25, 0.3) is 0 Å². The van der Waals surface area contributed by atoms with E-state index in [9.17, 15) is 0 Å². The molecule has 0 amide bonds. The molecular weight excluding hydrogens is 254 g/mol. The number of rotatable bonds is 6. The van der Waals surface area contributed by atoms with Crippen LogP contribution >= 0.6 is 0 Å². The Morgan fingerprint density at radius 1 is 0.905 bits per heavy atom. The zero-order chi connectivity index (χ0) is 14.7. The molecule has 0 aromatic heterocycles. The van der Waals surface area contributed by atoms with Crippen LogP contribution in [0, 0.1) is 5.41 Å². The van der Waals surface area contributed by atoms with Gasteiger partial charge in [0.1, 0.15) is 0 Å². The Bertz CT molecular complexity index is 517. The molecule has 1 aliphatic rings. The molecule has 3 rings (SSSR count). The lowest BCUT2D eigenvalue weighted by Gasteiger charge is -2.20. The Labute approximate surface area is 128 Å². The van der Waals surface area contributed by atoms with E-state index < -0.39 is 0 Å². The number of nitrogens with one attached hydrogen (secondary N) is 1. The quantitative estimate of drug-likeness (QED) is 0.834. The van der Waals surface area contributed by atoms with Crippen LogP contribution in [0.3, 0.4) is 0 Å². The van der Waals surface area contributed by atoms with Crippen molar-refractivity contribution >= 4 is 0 Å². The van der Waals surface area contributed by atoms with Gasteiger partial charge in [-0.2, -0.15) is 0 Å². The minimum absolute atomic E-state index is 0.478. The predicted molar refractivity (Wildman–Crippen MR) is 89.4 cm³/mol. The van der Waals surface area contributed by atoms with E-state index in [0.717, 1.165) is 12.8 Å². The highest BCUT2D eigenvalue weighted by Crippen LogP contribution is 2.45. The monoisotopic (exact) mass is 279 g/mol. The fraction of sp³-hybridized carbons (Fsp3) is 0.400. The largest absolute Gasteiger partial charge is 0.310 e. The molecule has 1 nitrogen and oxygen atoms in total. The first-order chi connectivity index (χ1) is 10.1. The molecule has 0 radical (unpaired) electrons. The topological polar surface area (TPSA) is 12.0 Å². The first-order valence-corrected chi connectivity index (χ1v) is 7.97. The maximum Gasteiger partial charge on any atom is 0.0151 e. The third-order valence-corrected chi connectivity index (χ3v) is 4.60. The molecule has 1 N–H and O–H groups in total. The van der Waals surface area contributed by atoms with E-state index in [1.54, 1.807) is 0 Å². The predicted octanol–water partition coefficient (Wildman–Crippen LogP) is 4.23. The van der Waals surface area contributed by atoms with Crippen LogP contribution in [0.2, 0.25) is 0 Å². The fourth-order valence-corrected chi connectivity index (χ4v) is 3.02. The van der Waals surface area contributed by atoms with Crippen LogP contribution in [0.15, 0.2) is 60.7 Å². The van der Waals surface area contributed by atoms with Gasteiger partial charge in [-0.15, -0.1) is 0 Å². The molecule has 0 heterocycles. The molecule has 0 spiro atoms. The molecule has 0 saturated heterocycles. The third kappa shape index (κ3) is 3.95. The van der Waals surface area contributed by atoms with Crippen LogP contribution in [-0.4, -0.2) is 12.1 Å². The lowest BCUT2D eigenvalue weighted by molar-refractivity contribution is 0.453. The van der Waals surface area contributed by atoms with Gasteiger partial charge in [0.05, 0.1) is 0 Å². The summed E-state index contributed by atoms with van der Waals surface area (Å²) in [5.74, 6) is 0. The van der Waals surface area contributed by atoms with E-state index in [-0.39, 0.29) is 0 Å². The minimum Gasteiger partial charge on any atom is -0.310 e. The van der Waals surface area contributed by atoms with Crippen LogP contribution in [0.5, 0.6) is 0 Å². The summed E-state index contributed by atoms with van der Waals surface area (Å²) in [6, 6.07) is 22.8. The highest BCUT2D eigenvalue weighted by atomic mass is 15.0. The van der Waals surface area contributed by atoms with Crippen LogP contribution < -0.4 is 5.32 Å². The van der Waals surface area contributed by atoms with E-state index in [2.05, 4.69) is 79.8 Å². The molecule has 1 heteroatoms. The highest BCUT2D eigenvalue weighted by molar-refractivity contribution is 5.20. The summed E-state index contributed by atoms with van der Waals surface area (Å²) in [6.45, 7) is 4.71. The van der Waals surface area contributed by atoms with Crippen LogP contribution in [-0.2, 0) is 12.8 Å². The summed E-state index contributed by atoms with van der Waals surface area (Å²) in [4.78, 5) is 0. The van der Waals surface area contributed by atoms with Crippen molar-refractivity contribution in [1.82, 2.24) is 5.32 Å². The van der Waals surface area contributed by atoms with Crippen molar-refractivity contribution in [1.29, 1.82) is 0 Å². The minimum atomic E-state index is 0.478. The second-order valence-corrected chi connectivity index (χ2v) is 6.99. The van der Waals surface area contributed by atoms with Crippen molar-refractivity contribution in [2.24, 2.45) is 5.41 Å². The first kappa shape index (κ1) is 14.3. The summed E-state index contributed by atoms with van der Waals surface area (Å²) < 4.78 is 0. The van der Waals surface area contributed by atoms with Crippen molar-refractivity contribution in [3.05, 3.63) is 71.8 Å². The maximum atomic E-state index is 3.88. The second kappa shape index (κ2) is 6.03. The van der Waals surface area contributed by atoms with Crippen molar-refractivity contribution in [3.8, 4) is 0 Å². The SMILES string of the molecule is CC1(C)CC1NC(Cc1ccccc1)Cc1ccccc1. The standard InChI is InChI=1S/C20H25N/c1-20(2)15-19(20)21-18(13-16-9-5-3-6-10-16)14-17-11-7-4-8-12-17/h3-12,18-19,21H,13-15H2,1-2H3. The maximum absolute atomic E-state index is 3.88. The summed E-state index contributed by atoms with van der Waals surface area (Å²) in [7, 11) is 0. The summed E-state index contributed by atoms with van der Waals surface area (Å²) in [6.07, 6.45) is 3.50. The van der Waals surface area contributed by atoms with Gasteiger partial charge in [0.15, 0.2) is 0 Å². The Balaban J connectivity index is 1.68. The van der Waals surface area contributed by atoms with Gasteiger partial charge in [-0.1, -0.05) is 74.5 Å². The average Bonchev–Trinajstić information content (AvgIpc) is 3.07. The summed E-state index contributed by atoms with van der Waals surface area (Å²) in [5.41, 5.74) is 3.32. The van der Waals surface area contributed by atoms with E-state index in [1.165, 1.54) is 17.5 Å². The van der Waals surface area contributed by atoms with Crippen LogP contribution in [0.1, 0.15) is 31.4 Å². The molecule has 1 unspecified atom stereocenters. The molecular formula is C20H25N. The van der Waals surface area contributed by atoms with Gasteiger partial charge in [-0.3, -0.25) is 0 Å². The molecule has 1 fully saturated rings. The number of hydrogen-bond donors (Lipinski definition) is 1. The van der Waals surface area contributed by atoms with Crippen molar-refractivity contribution in [2.45, 2.75) is 45.2 Å². The van der Waals surface area contributed by atoms with Crippen molar-refractivity contribution in [2.75, 3.05) is 0 Å². The summed E-state index contributed by atoms with van der Waals surface area (Å²) >= 11 is 0. The van der Waals surface area contributed by atoms with Crippen LogP contribution in [0.25, 0.3) is 0 Å². The Morgan fingerprint density at radius 3 is 1.71 bits per heavy atom. The Morgan fingerprint density at radius 2 is 1.33 bits per heavy atom. The molecule has 1 aliphatic carbocycles. The normalized spacial score (nSPS) is 19.7. The van der Waals surface area contributed by atoms with Crippen molar-refractivity contribution < 1.29 is 0 Å². The molecule has 2 aromatic rings. The van der Waals surface area contributed by atoms with E-state index in [1.807, 2.05) is 0 Å². The van der Waals surface area contributed by atoms with E-state index in [0.29, 0.717) is 17.5 Å². The first-order valence-electron chi connectivity index (χ1n) is 7.97. The zero-order valence-corrected chi connectivity index (χ0v) is 13.0. The lowest BCUT2D eigenvalue weighted by Crippen LogP contribution is -2.36. The van der Waals surface area contributed by atoms with Gasteiger partial charge in [-0.05, 0) is 35.8 Å². The molecule has 2 aromatic carbocycles.